The molecule has 0 spiro atoms. The minimum absolute atomic E-state index is 0.259. The molecule has 0 aromatic heterocycles. The first-order valence-corrected chi connectivity index (χ1v) is 25.3. The summed E-state index contributed by atoms with van der Waals surface area (Å²) in [5.74, 6) is 1.63. The fourth-order valence-corrected chi connectivity index (χ4v) is 7.21. The largest absolute Gasteiger partial charge is 0.164 e. The molecule has 0 radical (unpaired) electrons. The molecule has 2 aliphatic carbocycles. The minimum Gasteiger partial charge on any atom is -0.164 e. The van der Waals surface area contributed by atoms with E-state index in [2.05, 4.69) is 159 Å². The van der Waals surface area contributed by atoms with E-state index in [-0.39, 0.29) is 5.49 Å². The molecular weight excluding hydrogens is 759 g/mol. The van der Waals surface area contributed by atoms with Crippen LogP contribution in [0.25, 0.3) is 65.3 Å². The van der Waals surface area contributed by atoms with Gasteiger partial charge in [0.05, 0.1) is 0 Å². The fourth-order valence-electron chi connectivity index (χ4n) is 7.21. The van der Waals surface area contributed by atoms with Crippen LogP contribution in [0.2, 0.25) is 13.1 Å². The Morgan fingerprint density at radius 2 is 0.792 bits per heavy atom. The van der Waals surface area contributed by atoms with E-state index in [9.17, 15) is 0 Å². The van der Waals surface area contributed by atoms with Crippen molar-refractivity contribution in [3.05, 3.63) is 157 Å². The molecule has 0 saturated heterocycles. The van der Waals surface area contributed by atoms with Gasteiger partial charge in [0.2, 0.25) is 0 Å². The van der Waals surface area contributed by atoms with Gasteiger partial charge in [-0.25, -0.2) is 0 Å². The van der Waals surface area contributed by atoms with Gasteiger partial charge in [0.1, 0.15) is 0 Å². The van der Waals surface area contributed by atoms with Crippen LogP contribution in [0.3, 0.4) is 0 Å². The third-order valence-electron chi connectivity index (χ3n) is 9.80. The van der Waals surface area contributed by atoms with Gasteiger partial charge in [-0.1, -0.05) is 108 Å². The maximum atomic E-state index is 2.42. The summed E-state index contributed by atoms with van der Waals surface area (Å²) < 4.78 is 0. The van der Waals surface area contributed by atoms with Crippen LogP contribution in [0, 0.1) is 0 Å². The first kappa shape index (κ1) is 31.4. The van der Waals surface area contributed by atoms with Crippen LogP contribution in [0.15, 0.2) is 146 Å². The molecule has 0 N–H and O–H groups in total. The Morgan fingerprint density at radius 3 is 1.19 bits per heavy atom. The summed E-state index contributed by atoms with van der Waals surface area (Å²) in [6.45, 7) is 4.66. The van der Waals surface area contributed by atoms with Crippen molar-refractivity contribution < 1.29 is 23.0 Å². The number of fused-ring (bicyclic) bond motifs is 4. The predicted molar refractivity (Wildman–Crippen MR) is 206 cm³/mol. The van der Waals surface area contributed by atoms with E-state index in [0.717, 1.165) is 11.8 Å². The first-order chi connectivity index (χ1) is 23.5. The van der Waals surface area contributed by atoms with Gasteiger partial charge in [-0.2, -0.15) is 12.1 Å². The summed E-state index contributed by atoms with van der Waals surface area (Å²) in [4.78, 5) is 0. The summed E-state index contributed by atoms with van der Waals surface area (Å²) in [6.07, 6.45) is 5.44. The molecular formula is C46H40HfSi. The normalized spacial score (nSPS) is 14.1. The Bertz CT molecular complexity index is 2230. The summed E-state index contributed by atoms with van der Waals surface area (Å²) in [5.41, 5.74) is 8.73. The summed E-state index contributed by atoms with van der Waals surface area (Å²) >= 11 is 1.45. The number of hydrogen-bond acceptors (Lipinski definition) is 0. The molecule has 2 saturated carbocycles. The van der Waals surface area contributed by atoms with Crippen molar-refractivity contribution >= 4 is 48.6 Å². The van der Waals surface area contributed by atoms with Gasteiger partial charge in [0.25, 0.3) is 0 Å². The Balaban J connectivity index is 0.000000126. The Morgan fingerprint density at radius 1 is 0.458 bits per heavy atom. The van der Waals surface area contributed by atoms with Crippen molar-refractivity contribution in [2.24, 2.45) is 0 Å². The van der Waals surface area contributed by atoms with E-state index in [0.29, 0.717) is 0 Å². The maximum absolute atomic E-state index is 2.42. The second-order valence-corrected chi connectivity index (χ2v) is 26.6. The van der Waals surface area contributed by atoms with E-state index in [4.69, 9.17) is 0 Å². The maximum Gasteiger partial charge on any atom is -0.0114 e. The topological polar surface area (TPSA) is 0 Å². The molecule has 2 heteroatoms. The quantitative estimate of drug-likeness (QED) is 0.123. The van der Waals surface area contributed by atoms with Gasteiger partial charge in [0.15, 0.2) is 0 Å². The molecule has 0 aliphatic heterocycles. The third-order valence-corrected chi connectivity index (χ3v) is 9.80. The fraction of sp³-hybridized carbons (Fsp3) is 0.174. The molecule has 0 nitrogen and oxygen atoms in total. The van der Waals surface area contributed by atoms with Crippen molar-refractivity contribution in [1.29, 1.82) is 0 Å². The van der Waals surface area contributed by atoms with Crippen molar-refractivity contribution in [1.82, 2.24) is 0 Å². The average molecular weight is 799 g/mol. The Labute approximate surface area is 299 Å². The summed E-state index contributed by atoms with van der Waals surface area (Å²) in [7, 11) is 0. The molecule has 8 aromatic carbocycles. The van der Waals surface area contributed by atoms with E-state index in [1.807, 2.05) is 0 Å². The van der Waals surface area contributed by atoms with Crippen LogP contribution in [0.5, 0.6) is 0 Å². The van der Waals surface area contributed by atoms with E-state index in [1.165, 1.54) is 125 Å². The number of benzene rings is 6. The van der Waals surface area contributed by atoms with Crippen molar-refractivity contribution in [2.45, 2.75) is 50.6 Å². The molecule has 0 unspecified atom stereocenters. The van der Waals surface area contributed by atoms with Crippen LogP contribution < -0.4 is 0 Å². The van der Waals surface area contributed by atoms with Crippen molar-refractivity contribution in [3.8, 4) is 22.3 Å². The SMILES string of the molecule is C[Si](C)=[Hf+2].c1ccc2c(-c3cccc4[cH-]c(C5CC5)cc34)cccc2c1.c1ccc2c(-c3cccc4[cH-]c(C5CC5)cc34)cccc2c1. The van der Waals surface area contributed by atoms with Gasteiger partial charge in [-0.3, -0.25) is 0 Å². The molecule has 0 heterocycles. The zero-order valence-corrected chi connectivity index (χ0v) is 32.4. The molecule has 2 aliphatic rings. The molecule has 8 aromatic rings. The smallest absolute Gasteiger partial charge is 0.0114 e. The van der Waals surface area contributed by atoms with Gasteiger partial charge in [-0.15, -0.1) is 69.1 Å². The first-order valence-electron chi connectivity index (χ1n) is 17.4. The second-order valence-electron chi connectivity index (χ2n) is 13.8. The Hall–Kier alpha value is -3.85. The summed E-state index contributed by atoms with van der Waals surface area (Å²) in [5, 5.41) is 10.9. The molecule has 0 atom stereocenters. The van der Waals surface area contributed by atoms with E-state index < -0.39 is 0 Å². The molecule has 48 heavy (non-hydrogen) atoms. The van der Waals surface area contributed by atoms with Gasteiger partial charge in [0, 0.05) is 0 Å². The van der Waals surface area contributed by atoms with Crippen LogP contribution >= 0.6 is 0 Å². The minimum atomic E-state index is 0.259. The summed E-state index contributed by atoms with van der Waals surface area (Å²) in [6, 6.07) is 53.6. The van der Waals surface area contributed by atoms with Gasteiger partial charge >= 0.3 is 41.6 Å². The van der Waals surface area contributed by atoms with Gasteiger partial charge < -0.3 is 0 Å². The van der Waals surface area contributed by atoms with E-state index >= 15 is 0 Å². The third kappa shape index (κ3) is 6.58. The predicted octanol–water partition coefficient (Wildman–Crippen LogP) is 13.3. The molecule has 0 bridgehead atoms. The van der Waals surface area contributed by atoms with Crippen LogP contribution in [0.1, 0.15) is 48.6 Å². The Kier molecular flexibility index (Phi) is 8.88. The number of hydrogen-bond donors (Lipinski definition) is 0. The zero-order valence-electron chi connectivity index (χ0n) is 27.8. The van der Waals surface area contributed by atoms with Crippen LogP contribution in [0.4, 0.5) is 0 Å². The number of rotatable bonds is 4. The van der Waals surface area contributed by atoms with Crippen molar-refractivity contribution in [3.63, 3.8) is 0 Å². The monoisotopic (exact) mass is 800 g/mol. The zero-order chi connectivity index (χ0) is 32.6. The molecule has 10 rings (SSSR count). The molecule has 232 valence electrons. The molecule has 0 amide bonds. The average Bonchev–Trinajstić information content (AvgIpc) is 4.05. The van der Waals surface area contributed by atoms with Crippen LogP contribution in [-0.2, 0) is 23.0 Å². The van der Waals surface area contributed by atoms with Crippen molar-refractivity contribution in [2.75, 3.05) is 0 Å². The standard InChI is InChI=1S/2C22H17.C2H6Si.Hf/c2*1-2-8-19-16(5-1)6-3-9-20(19)21-10-4-7-17-13-18(14-22(17)21)15-11-12-15;1-3-2;/h2*1-10,13-15H,11-12H2;1-2H3;/q2*-1;;+2. The van der Waals surface area contributed by atoms with E-state index in [1.54, 1.807) is 0 Å². The van der Waals surface area contributed by atoms with Crippen LogP contribution in [-0.4, -0.2) is 5.49 Å². The molecule has 2 fully saturated rings. The van der Waals surface area contributed by atoms with Gasteiger partial charge in [-0.05, 0) is 70.2 Å². The second kappa shape index (κ2) is 13.6.